The van der Waals surface area contributed by atoms with Gasteiger partial charge in [-0.25, -0.2) is 4.79 Å². The van der Waals surface area contributed by atoms with Crippen molar-refractivity contribution in [2.45, 2.75) is 31.6 Å². The first kappa shape index (κ1) is 14.5. The van der Waals surface area contributed by atoms with E-state index in [0.717, 1.165) is 5.56 Å². The smallest absolute Gasteiger partial charge is 0.332 e. The molecule has 1 amide bonds. The number of nitrogens with one attached hydrogen (secondary N) is 2. The molecule has 2 rings (SSSR count). The van der Waals surface area contributed by atoms with Gasteiger partial charge in [-0.15, -0.1) is 0 Å². The third-order valence-electron chi connectivity index (χ3n) is 3.16. The van der Waals surface area contributed by atoms with Crippen molar-refractivity contribution >= 4 is 17.6 Å². The fourth-order valence-corrected chi connectivity index (χ4v) is 2.20. The maximum Gasteiger partial charge on any atom is 0.332 e. The number of amides is 1. The third-order valence-corrected chi connectivity index (χ3v) is 3.16. The normalized spacial score (nSPS) is 21.6. The lowest BCUT2D eigenvalue weighted by Crippen LogP contribution is -2.29. The lowest BCUT2D eigenvalue weighted by Gasteiger charge is -2.12. The van der Waals surface area contributed by atoms with Gasteiger partial charge in [0.05, 0.1) is 0 Å². The van der Waals surface area contributed by atoms with E-state index in [-0.39, 0.29) is 5.91 Å². The molecule has 0 radical (unpaired) electrons. The summed E-state index contributed by atoms with van der Waals surface area (Å²) in [6.07, 6.45) is -0.767. The van der Waals surface area contributed by atoms with Crippen LogP contribution in [-0.4, -0.2) is 36.2 Å². The van der Waals surface area contributed by atoms with Crippen molar-refractivity contribution in [3.63, 3.8) is 0 Å². The minimum Gasteiger partial charge on any atom is -0.479 e. The number of hydrogen-bond donors (Lipinski definition) is 3. The van der Waals surface area contributed by atoms with E-state index in [2.05, 4.69) is 10.6 Å². The molecular weight excluding hydrogens is 260 g/mol. The maximum absolute atomic E-state index is 12.0. The Kier molecular flexibility index (Phi) is 4.70. The molecule has 0 spiro atoms. The summed E-state index contributed by atoms with van der Waals surface area (Å²) in [6.45, 7) is 0.713. The van der Waals surface area contributed by atoms with Gasteiger partial charge in [0.1, 0.15) is 6.10 Å². The van der Waals surface area contributed by atoms with Crippen LogP contribution >= 0.6 is 0 Å². The number of benzene rings is 1. The monoisotopic (exact) mass is 278 g/mol. The molecule has 0 aliphatic carbocycles. The molecule has 1 aliphatic heterocycles. The Morgan fingerprint density at radius 3 is 2.75 bits per heavy atom. The number of carbonyl (C=O) groups excluding carboxylic acids is 1. The Balaban J connectivity index is 1.95. The lowest BCUT2D eigenvalue weighted by molar-refractivity contribution is -0.150. The van der Waals surface area contributed by atoms with Crippen LogP contribution in [0.25, 0.3) is 0 Å². The largest absolute Gasteiger partial charge is 0.479 e. The maximum atomic E-state index is 12.0. The minimum absolute atomic E-state index is 0.296. The number of anilines is 1. The second-order valence-electron chi connectivity index (χ2n) is 4.75. The van der Waals surface area contributed by atoms with Crippen molar-refractivity contribution in [1.82, 2.24) is 5.32 Å². The molecule has 1 aromatic rings. The van der Waals surface area contributed by atoms with Crippen LogP contribution in [0.4, 0.5) is 5.69 Å². The van der Waals surface area contributed by atoms with E-state index in [4.69, 9.17) is 9.84 Å². The van der Waals surface area contributed by atoms with Crippen LogP contribution in [-0.2, 0) is 20.9 Å². The van der Waals surface area contributed by atoms with Crippen LogP contribution in [0.5, 0.6) is 0 Å². The second kappa shape index (κ2) is 6.49. The van der Waals surface area contributed by atoms with Gasteiger partial charge in [-0.3, -0.25) is 4.79 Å². The van der Waals surface area contributed by atoms with E-state index in [1.165, 1.54) is 0 Å². The summed E-state index contributed by atoms with van der Waals surface area (Å²) in [5, 5.41) is 14.6. The summed E-state index contributed by atoms with van der Waals surface area (Å²) in [5.41, 5.74) is 1.74. The summed E-state index contributed by atoms with van der Waals surface area (Å²) in [6, 6.07) is 7.48. The van der Waals surface area contributed by atoms with Crippen molar-refractivity contribution in [1.29, 1.82) is 0 Å². The molecule has 108 valence electrons. The molecule has 0 bridgehead atoms. The Morgan fingerprint density at radius 2 is 2.10 bits per heavy atom. The van der Waals surface area contributed by atoms with Gasteiger partial charge < -0.3 is 20.5 Å². The summed E-state index contributed by atoms with van der Waals surface area (Å²) in [4.78, 5) is 22.8. The Labute approximate surface area is 117 Å². The van der Waals surface area contributed by atoms with E-state index in [1.807, 2.05) is 25.2 Å². The molecule has 20 heavy (non-hydrogen) atoms. The number of hydrogen-bond acceptors (Lipinski definition) is 4. The molecule has 1 fully saturated rings. The standard InChI is InChI=1S/C14H18N2O4/c1-15-8-9-3-2-4-10(7-9)16-13(17)11-5-6-12(20-11)14(18)19/h2-4,7,11-12,15H,5-6,8H2,1H3,(H,16,17)(H,18,19)/t11-,12+/m0/s1. The average Bonchev–Trinajstić information content (AvgIpc) is 2.89. The second-order valence-corrected chi connectivity index (χ2v) is 4.75. The van der Waals surface area contributed by atoms with Crippen molar-refractivity contribution in [2.75, 3.05) is 12.4 Å². The van der Waals surface area contributed by atoms with Crippen LogP contribution in [0.15, 0.2) is 24.3 Å². The van der Waals surface area contributed by atoms with Gasteiger partial charge in [0.25, 0.3) is 5.91 Å². The molecule has 1 heterocycles. The fraction of sp³-hybridized carbons (Fsp3) is 0.429. The predicted octanol–water partition coefficient (Wildman–Crippen LogP) is 0.977. The molecule has 1 aliphatic rings. The quantitative estimate of drug-likeness (QED) is 0.747. The van der Waals surface area contributed by atoms with Crippen LogP contribution in [0.2, 0.25) is 0 Å². The molecule has 1 saturated heterocycles. The Bertz CT molecular complexity index is 504. The topological polar surface area (TPSA) is 87.7 Å². The highest BCUT2D eigenvalue weighted by atomic mass is 16.5. The summed E-state index contributed by atoms with van der Waals surface area (Å²) >= 11 is 0. The molecule has 0 saturated carbocycles. The first-order chi connectivity index (χ1) is 9.60. The zero-order valence-electron chi connectivity index (χ0n) is 11.3. The van der Waals surface area contributed by atoms with Crippen LogP contribution in [0, 0.1) is 0 Å². The number of rotatable bonds is 5. The van der Waals surface area contributed by atoms with Crippen molar-refractivity contribution in [3.05, 3.63) is 29.8 Å². The molecule has 0 unspecified atom stereocenters. The van der Waals surface area contributed by atoms with Gasteiger partial charge in [-0.2, -0.15) is 0 Å². The van der Waals surface area contributed by atoms with E-state index in [9.17, 15) is 9.59 Å². The highest BCUT2D eigenvalue weighted by molar-refractivity contribution is 5.94. The zero-order valence-corrected chi connectivity index (χ0v) is 11.3. The van der Waals surface area contributed by atoms with Crippen LogP contribution < -0.4 is 10.6 Å². The molecule has 2 atom stereocenters. The molecular formula is C14H18N2O4. The zero-order chi connectivity index (χ0) is 14.5. The number of ether oxygens (including phenoxy) is 1. The van der Waals surface area contributed by atoms with Crippen molar-refractivity contribution in [3.8, 4) is 0 Å². The van der Waals surface area contributed by atoms with Crippen LogP contribution in [0.1, 0.15) is 18.4 Å². The van der Waals surface area contributed by atoms with Gasteiger partial charge in [0.2, 0.25) is 0 Å². The molecule has 6 nitrogen and oxygen atoms in total. The van der Waals surface area contributed by atoms with Crippen molar-refractivity contribution < 1.29 is 19.4 Å². The van der Waals surface area contributed by atoms with Gasteiger partial charge in [-0.05, 0) is 37.6 Å². The van der Waals surface area contributed by atoms with E-state index in [0.29, 0.717) is 25.1 Å². The SMILES string of the molecule is CNCc1cccc(NC(=O)[C@@H]2CC[C@H](C(=O)O)O2)c1. The molecule has 3 N–H and O–H groups in total. The fourth-order valence-electron chi connectivity index (χ4n) is 2.20. The van der Waals surface area contributed by atoms with E-state index >= 15 is 0 Å². The summed E-state index contributed by atoms with van der Waals surface area (Å²) in [5.74, 6) is -1.31. The molecule has 1 aromatic carbocycles. The van der Waals surface area contributed by atoms with Gasteiger partial charge >= 0.3 is 5.97 Å². The first-order valence-electron chi connectivity index (χ1n) is 6.53. The van der Waals surface area contributed by atoms with Crippen LogP contribution in [0.3, 0.4) is 0 Å². The Morgan fingerprint density at radius 1 is 1.35 bits per heavy atom. The van der Waals surface area contributed by atoms with E-state index < -0.39 is 18.2 Å². The van der Waals surface area contributed by atoms with Crippen molar-refractivity contribution in [2.24, 2.45) is 0 Å². The minimum atomic E-state index is -1.02. The first-order valence-corrected chi connectivity index (χ1v) is 6.53. The lowest BCUT2D eigenvalue weighted by atomic mass is 10.1. The predicted molar refractivity (Wildman–Crippen MR) is 73.4 cm³/mol. The number of aliphatic carboxylic acids is 1. The van der Waals surface area contributed by atoms with Gasteiger partial charge in [0.15, 0.2) is 6.10 Å². The molecule has 0 aromatic heterocycles. The number of carboxylic acids is 1. The average molecular weight is 278 g/mol. The van der Waals surface area contributed by atoms with E-state index in [1.54, 1.807) is 6.07 Å². The number of carbonyl (C=O) groups is 2. The Hall–Kier alpha value is -1.92. The molecule has 6 heteroatoms. The van der Waals surface area contributed by atoms with Gasteiger partial charge in [-0.1, -0.05) is 12.1 Å². The third kappa shape index (κ3) is 3.55. The summed E-state index contributed by atoms with van der Waals surface area (Å²) in [7, 11) is 1.85. The number of carboxylic acid groups (broad SMARTS) is 1. The highest BCUT2D eigenvalue weighted by Gasteiger charge is 2.34. The highest BCUT2D eigenvalue weighted by Crippen LogP contribution is 2.21. The summed E-state index contributed by atoms with van der Waals surface area (Å²) < 4.78 is 5.21. The van der Waals surface area contributed by atoms with Gasteiger partial charge in [0, 0.05) is 12.2 Å².